The first-order chi connectivity index (χ1) is 10.2. The van der Waals surface area contributed by atoms with Crippen molar-refractivity contribution in [2.24, 2.45) is 0 Å². The fraction of sp³-hybridized carbons (Fsp3) is 0.833. The van der Waals surface area contributed by atoms with Gasteiger partial charge in [0.05, 0.1) is 0 Å². The monoisotopic (exact) mass is 336 g/mol. The second-order valence-electron chi connectivity index (χ2n) is 5.66. The van der Waals surface area contributed by atoms with E-state index in [1.807, 2.05) is 0 Å². The van der Waals surface area contributed by atoms with Gasteiger partial charge in [0.25, 0.3) is 11.8 Å². The van der Waals surface area contributed by atoms with E-state index in [2.05, 4.69) is 5.32 Å². The van der Waals surface area contributed by atoms with Crippen LogP contribution in [-0.2, 0) is 18.8 Å². The SMILES string of the molecule is COC(CP(=O)(O)O)(OC)N1C(=O)NC2(CCCCC2)C1=O. The molecule has 0 radical (unpaired) electrons. The molecule has 0 aromatic carbocycles. The number of carbonyl (C=O) groups excluding carboxylic acids is 2. The van der Waals surface area contributed by atoms with E-state index in [1.165, 1.54) is 0 Å². The Hall–Kier alpha value is -0.990. The fourth-order valence-corrected chi connectivity index (χ4v) is 4.07. The molecule has 1 saturated heterocycles. The molecule has 10 heteroatoms. The van der Waals surface area contributed by atoms with Gasteiger partial charge >= 0.3 is 13.6 Å². The molecule has 0 atom stereocenters. The summed E-state index contributed by atoms with van der Waals surface area (Å²) in [5, 5.41) is 2.65. The first kappa shape index (κ1) is 17.4. The maximum Gasteiger partial charge on any atom is 0.333 e. The van der Waals surface area contributed by atoms with E-state index in [9.17, 15) is 23.9 Å². The number of urea groups is 1. The van der Waals surface area contributed by atoms with Crippen LogP contribution in [0.25, 0.3) is 0 Å². The first-order valence-corrected chi connectivity index (χ1v) is 8.81. The number of nitrogens with one attached hydrogen (secondary N) is 1. The summed E-state index contributed by atoms with van der Waals surface area (Å²) in [6, 6.07) is -0.760. The minimum atomic E-state index is -4.60. The van der Waals surface area contributed by atoms with Crippen LogP contribution in [0.2, 0.25) is 0 Å². The Balaban J connectivity index is 2.37. The van der Waals surface area contributed by atoms with E-state index in [4.69, 9.17) is 9.47 Å². The number of ether oxygens (including phenoxy) is 2. The molecule has 0 bridgehead atoms. The van der Waals surface area contributed by atoms with Gasteiger partial charge in [-0.2, -0.15) is 0 Å². The zero-order valence-corrected chi connectivity index (χ0v) is 13.5. The molecule has 1 spiro atoms. The molecule has 1 saturated carbocycles. The third-order valence-corrected chi connectivity index (χ3v) is 5.06. The van der Waals surface area contributed by atoms with Crippen molar-refractivity contribution in [2.45, 2.75) is 43.6 Å². The Kier molecular flexibility index (Phi) is 4.66. The van der Waals surface area contributed by atoms with Gasteiger partial charge in [-0.05, 0) is 12.8 Å². The number of imide groups is 1. The number of amides is 3. The second-order valence-corrected chi connectivity index (χ2v) is 7.30. The second kappa shape index (κ2) is 5.90. The number of hydrogen-bond acceptors (Lipinski definition) is 5. The van der Waals surface area contributed by atoms with E-state index in [0.29, 0.717) is 17.7 Å². The van der Waals surface area contributed by atoms with Crippen LogP contribution in [0, 0.1) is 0 Å². The van der Waals surface area contributed by atoms with Crippen LogP contribution in [0.15, 0.2) is 0 Å². The van der Waals surface area contributed by atoms with Crippen molar-refractivity contribution in [3.63, 3.8) is 0 Å². The van der Waals surface area contributed by atoms with Crippen LogP contribution in [0.4, 0.5) is 4.79 Å². The van der Waals surface area contributed by atoms with E-state index >= 15 is 0 Å². The van der Waals surface area contributed by atoms with Crippen molar-refractivity contribution in [1.82, 2.24) is 10.2 Å². The molecule has 126 valence electrons. The zero-order chi connectivity index (χ0) is 16.6. The van der Waals surface area contributed by atoms with Crippen molar-refractivity contribution in [1.29, 1.82) is 0 Å². The van der Waals surface area contributed by atoms with Crippen LogP contribution in [0.1, 0.15) is 32.1 Å². The molecule has 0 aromatic rings. The van der Waals surface area contributed by atoms with Gasteiger partial charge in [0.15, 0.2) is 0 Å². The van der Waals surface area contributed by atoms with Gasteiger partial charge in [0, 0.05) is 14.2 Å². The maximum atomic E-state index is 12.8. The molecule has 2 aliphatic rings. The predicted molar refractivity (Wildman–Crippen MR) is 74.9 cm³/mol. The Morgan fingerprint density at radius 1 is 1.23 bits per heavy atom. The number of nitrogens with zero attached hydrogens (tertiary/aromatic N) is 1. The molecule has 1 aliphatic carbocycles. The molecule has 3 N–H and O–H groups in total. The summed E-state index contributed by atoms with van der Waals surface area (Å²) in [7, 11) is -2.34. The molecule has 22 heavy (non-hydrogen) atoms. The van der Waals surface area contributed by atoms with Crippen molar-refractivity contribution < 1.29 is 33.4 Å². The van der Waals surface area contributed by atoms with Crippen molar-refractivity contribution in [3.05, 3.63) is 0 Å². The van der Waals surface area contributed by atoms with Crippen LogP contribution < -0.4 is 5.32 Å². The van der Waals surface area contributed by atoms with E-state index in [1.54, 1.807) is 0 Å². The van der Waals surface area contributed by atoms with Crippen LogP contribution in [0.3, 0.4) is 0 Å². The standard InChI is InChI=1S/C12H21N2O7P/c1-20-12(21-2,8-22(17,18)19)14-9(15)11(13-10(14)16)6-4-3-5-7-11/h3-8H2,1-2H3,(H,13,16)(H2,17,18,19). The first-order valence-electron chi connectivity index (χ1n) is 7.01. The van der Waals surface area contributed by atoms with E-state index < -0.39 is 37.1 Å². The molecular formula is C12H21N2O7P. The van der Waals surface area contributed by atoms with Gasteiger partial charge in [-0.15, -0.1) is 0 Å². The average Bonchev–Trinajstić information content (AvgIpc) is 2.68. The number of rotatable bonds is 5. The van der Waals surface area contributed by atoms with E-state index in [0.717, 1.165) is 33.5 Å². The third kappa shape index (κ3) is 2.91. The fourth-order valence-electron chi connectivity index (χ4n) is 3.15. The Morgan fingerprint density at radius 2 is 1.77 bits per heavy atom. The van der Waals surface area contributed by atoms with Gasteiger partial charge in [0.2, 0.25) is 0 Å². The Bertz CT molecular complexity index is 508. The average molecular weight is 336 g/mol. The Labute approximate surface area is 128 Å². The maximum absolute atomic E-state index is 12.8. The zero-order valence-electron chi connectivity index (χ0n) is 12.6. The summed E-state index contributed by atoms with van der Waals surface area (Å²) in [4.78, 5) is 44.2. The van der Waals surface area contributed by atoms with Gasteiger partial charge in [0.1, 0.15) is 11.7 Å². The smallest absolute Gasteiger partial charge is 0.333 e. The lowest BCUT2D eigenvalue weighted by Crippen LogP contribution is -2.58. The molecule has 3 amide bonds. The molecular weight excluding hydrogens is 315 g/mol. The predicted octanol–water partition coefficient (Wildman–Crippen LogP) is 0.365. The highest BCUT2D eigenvalue weighted by Crippen LogP contribution is 2.44. The normalized spacial score (nSPS) is 22.3. The lowest BCUT2D eigenvalue weighted by Gasteiger charge is -2.37. The van der Waals surface area contributed by atoms with Crippen molar-refractivity contribution >= 4 is 19.5 Å². The molecule has 0 unspecified atom stereocenters. The van der Waals surface area contributed by atoms with Crippen molar-refractivity contribution in [2.75, 3.05) is 20.4 Å². The summed E-state index contributed by atoms with van der Waals surface area (Å²) < 4.78 is 21.5. The quantitative estimate of drug-likeness (QED) is 0.376. The van der Waals surface area contributed by atoms with Crippen LogP contribution in [-0.4, -0.2) is 58.5 Å². The molecule has 9 nitrogen and oxygen atoms in total. The minimum absolute atomic E-state index is 0.494. The number of carbonyl (C=O) groups is 2. The molecule has 2 fully saturated rings. The number of methoxy groups -OCH3 is 2. The minimum Gasteiger partial charge on any atom is -0.335 e. The highest BCUT2D eigenvalue weighted by molar-refractivity contribution is 7.51. The molecule has 2 rings (SSSR count). The summed E-state index contributed by atoms with van der Waals surface area (Å²) in [6.07, 6.45) is 2.63. The summed E-state index contributed by atoms with van der Waals surface area (Å²) in [5.74, 6) is -2.68. The third-order valence-electron chi connectivity index (χ3n) is 4.25. The number of hydrogen-bond donors (Lipinski definition) is 3. The van der Waals surface area contributed by atoms with Crippen LogP contribution in [0.5, 0.6) is 0 Å². The highest BCUT2D eigenvalue weighted by atomic mass is 31.2. The molecule has 0 aromatic heterocycles. The van der Waals surface area contributed by atoms with Gasteiger partial charge < -0.3 is 24.6 Å². The van der Waals surface area contributed by atoms with Crippen LogP contribution >= 0.6 is 7.60 Å². The summed E-state index contributed by atoms with van der Waals surface area (Å²) in [5.41, 5.74) is -1.02. The van der Waals surface area contributed by atoms with Gasteiger partial charge in [-0.1, -0.05) is 19.3 Å². The largest absolute Gasteiger partial charge is 0.335 e. The van der Waals surface area contributed by atoms with Gasteiger partial charge in [-0.3, -0.25) is 9.36 Å². The molecule has 1 aliphatic heterocycles. The highest BCUT2D eigenvalue weighted by Gasteiger charge is 2.60. The topological polar surface area (TPSA) is 125 Å². The van der Waals surface area contributed by atoms with Crippen molar-refractivity contribution in [3.8, 4) is 0 Å². The Morgan fingerprint density at radius 3 is 2.23 bits per heavy atom. The molecule has 1 heterocycles. The summed E-state index contributed by atoms with van der Waals surface area (Å²) in [6.45, 7) is 0. The summed E-state index contributed by atoms with van der Waals surface area (Å²) >= 11 is 0. The lowest BCUT2D eigenvalue weighted by atomic mass is 9.81. The van der Waals surface area contributed by atoms with E-state index in [-0.39, 0.29) is 0 Å². The lowest BCUT2D eigenvalue weighted by molar-refractivity contribution is -0.257. The van der Waals surface area contributed by atoms with Gasteiger partial charge in [-0.25, -0.2) is 9.69 Å².